The van der Waals surface area contributed by atoms with Gasteiger partial charge in [0.25, 0.3) is 5.91 Å². The number of amides is 2. The first-order chi connectivity index (χ1) is 24.7. The molecular formula is C39H35FN6O5. The highest BCUT2D eigenvalue weighted by Gasteiger charge is 2.21. The number of carbonyl (C=O) groups is 3. The highest BCUT2D eigenvalue weighted by Crippen LogP contribution is 2.38. The number of halogens is 1. The van der Waals surface area contributed by atoms with Gasteiger partial charge in [0, 0.05) is 49.5 Å². The third-order valence-electron chi connectivity index (χ3n) is 7.97. The van der Waals surface area contributed by atoms with Crippen LogP contribution in [0.3, 0.4) is 0 Å². The molecule has 6 aromatic rings. The number of pyridine rings is 1. The lowest BCUT2D eigenvalue weighted by Gasteiger charge is -2.18. The smallest absolute Gasteiger partial charge is 0.260 e. The van der Waals surface area contributed by atoms with Crippen molar-refractivity contribution in [3.05, 3.63) is 139 Å². The van der Waals surface area contributed by atoms with E-state index in [0.29, 0.717) is 34.0 Å². The quantitative estimate of drug-likeness (QED) is 0.0811. The minimum Gasteiger partial charge on any atom is -0.485 e. The lowest BCUT2D eigenvalue weighted by Crippen LogP contribution is -2.30. The zero-order valence-corrected chi connectivity index (χ0v) is 28.2. The molecule has 0 aliphatic carbocycles. The van der Waals surface area contributed by atoms with Crippen LogP contribution in [0.2, 0.25) is 0 Å². The van der Waals surface area contributed by atoms with Gasteiger partial charge in [-0.25, -0.2) is 13.9 Å². The lowest BCUT2D eigenvalue weighted by atomic mass is 10.1. The average Bonchev–Trinajstić information content (AvgIpc) is 3.79. The molecule has 0 saturated heterocycles. The molecule has 6 rings (SSSR count). The van der Waals surface area contributed by atoms with E-state index in [9.17, 15) is 18.8 Å². The Hall–Kier alpha value is -6.56. The molecule has 3 aromatic heterocycles. The number of hydrogen-bond donors (Lipinski definition) is 1. The topological polar surface area (TPSA) is 120 Å². The normalized spacial score (nSPS) is 11.3. The van der Waals surface area contributed by atoms with E-state index in [-0.39, 0.29) is 31.1 Å². The van der Waals surface area contributed by atoms with Crippen molar-refractivity contribution < 1.29 is 28.2 Å². The highest BCUT2D eigenvalue weighted by molar-refractivity contribution is 6.22. The summed E-state index contributed by atoms with van der Waals surface area (Å²) < 4.78 is 29.6. The largest absolute Gasteiger partial charge is 0.485 e. The van der Waals surface area contributed by atoms with Crippen LogP contribution in [0.5, 0.6) is 17.2 Å². The third kappa shape index (κ3) is 8.36. The van der Waals surface area contributed by atoms with E-state index in [1.165, 1.54) is 42.3 Å². The number of aromatic nitrogens is 4. The number of hydrogen-bond acceptors (Lipinski definition) is 7. The first-order valence-electron chi connectivity index (χ1n) is 16.2. The van der Waals surface area contributed by atoms with Gasteiger partial charge < -0.3 is 24.3 Å². The Morgan fingerprint density at radius 1 is 0.922 bits per heavy atom. The van der Waals surface area contributed by atoms with Gasteiger partial charge in [0.2, 0.25) is 5.91 Å². The summed E-state index contributed by atoms with van der Waals surface area (Å²) in [7, 11) is 1.89. The molecule has 12 heteroatoms. The SMILES string of the molecule is CCN(/C=C(\C(C)=O)C(=O)Nc1ccc(Oc2cc(-c3cn(C)cn3)cn3nccc23)c(OCc2ccccc2)c1)C(=O)Cc1ccc(F)cc1. The molecule has 0 atom stereocenters. The van der Waals surface area contributed by atoms with Crippen molar-refractivity contribution in [3.8, 4) is 28.5 Å². The van der Waals surface area contributed by atoms with E-state index in [1.807, 2.05) is 66.5 Å². The Labute approximate surface area is 293 Å². The number of fused-ring (bicyclic) bond motifs is 1. The van der Waals surface area contributed by atoms with Crippen molar-refractivity contribution in [1.29, 1.82) is 0 Å². The molecule has 51 heavy (non-hydrogen) atoms. The van der Waals surface area contributed by atoms with Crippen LogP contribution in [0.15, 0.2) is 122 Å². The maximum atomic E-state index is 13.5. The molecule has 0 unspecified atom stereocenters. The Kier molecular flexibility index (Phi) is 10.3. The zero-order valence-electron chi connectivity index (χ0n) is 28.2. The summed E-state index contributed by atoms with van der Waals surface area (Å²) in [5.74, 6) is -0.794. The molecule has 11 nitrogen and oxygen atoms in total. The van der Waals surface area contributed by atoms with Gasteiger partial charge in [0.1, 0.15) is 17.9 Å². The third-order valence-corrected chi connectivity index (χ3v) is 7.97. The summed E-state index contributed by atoms with van der Waals surface area (Å²) >= 11 is 0. The predicted molar refractivity (Wildman–Crippen MR) is 190 cm³/mol. The summed E-state index contributed by atoms with van der Waals surface area (Å²) in [6.07, 6.45) is 8.37. The monoisotopic (exact) mass is 686 g/mol. The van der Waals surface area contributed by atoms with Crippen LogP contribution < -0.4 is 14.8 Å². The molecule has 1 N–H and O–H groups in total. The van der Waals surface area contributed by atoms with Gasteiger partial charge in [-0.15, -0.1) is 0 Å². The number of imidazole rings is 1. The Bertz CT molecular complexity index is 2230. The van der Waals surface area contributed by atoms with Crippen LogP contribution in [-0.4, -0.2) is 48.2 Å². The molecular weight excluding hydrogens is 651 g/mol. The summed E-state index contributed by atoms with van der Waals surface area (Å²) in [4.78, 5) is 45.0. The molecule has 258 valence electrons. The number of anilines is 1. The number of nitrogens with one attached hydrogen (secondary N) is 1. The van der Waals surface area contributed by atoms with E-state index in [4.69, 9.17) is 9.47 Å². The van der Waals surface area contributed by atoms with Crippen molar-refractivity contribution in [1.82, 2.24) is 24.1 Å². The van der Waals surface area contributed by atoms with Crippen LogP contribution in [0.4, 0.5) is 10.1 Å². The van der Waals surface area contributed by atoms with Gasteiger partial charge in [-0.3, -0.25) is 14.4 Å². The number of Topliss-reactive ketones (excluding diaryl/α,β-unsaturated/α-hetero) is 1. The number of likely N-dealkylation sites (N-methyl/N-ethyl adjacent to an activating group) is 1. The summed E-state index contributed by atoms with van der Waals surface area (Å²) in [6.45, 7) is 3.41. The molecule has 3 aromatic carbocycles. The maximum Gasteiger partial charge on any atom is 0.260 e. The second kappa shape index (κ2) is 15.3. The van der Waals surface area contributed by atoms with Crippen LogP contribution in [0.1, 0.15) is 25.0 Å². The highest BCUT2D eigenvalue weighted by atomic mass is 19.1. The molecule has 0 radical (unpaired) electrons. The van der Waals surface area contributed by atoms with Crippen LogP contribution >= 0.6 is 0 Å². The molecule has 0 spiro atoms. The van der Waals surface area contributed by atoms with Gasteiger partial charge >= 0.3 is 0 Å². The van der Waals surface area contributed by atoms with E-state index >= 15 is 0 Å². The van der Waals surface area contributed by atoms with Crippen molar-refractivity contribution in [2.75, 3.05) is 11.9 Å². The number of carbonyl (C=O) groups excluding carboxylic acids is 3. The van der Waals surface area contributed by atoms with Crippen LogP contribution in [-0.2, 0) is 34.5 Å². The summed E-state index contributed by atoms with van der Waals surface area (Å²) in [6, 6.07) is 23.8. The number of rotatable bonds is 13. The Morgan fingerprint density at radius 3 is 2.41 bits per heavy atom. The summed E-state index contributed by atoms with van der Waals surface area (Å²) in [5, 5.41) is 7.17. The summed E-state index contributed by atoms with van der Waals surface area (Å²) in [5.41, 5.74) is 3.88. The number of aryl methyl sites for hydroxylation is 1. The molecule has 0 aliphatic rings. The Balaban J connectivity index is 1.28. The maximum absolute atomic E-state index is 13.5. The molecule has 2 amide bonds. The number of benzene rings is 3. The van der Waals surface area contributed by atoms with Gasteiger partial charge in [-0.05, 0) is 61.4 Å². The zero-order chi connectivity index (χ0) is 35.9. The van der Waals surface area contributed by atoms with Gasteiger partial charge in [0.05, 0.1) is 30.2 Å². The number of ketones is 1. The van der Waals surface area contributed by atoms with Crippen molar-refractivity contribution in [3.63, 3.8) is 0 Å². The lowest BCUT2D eigenvalue weighted by molar-refractivity contribution is -0.127. The first-order valence-corrected chi connectivity index (χ1v) is 16.2. The standard InChI is InChI=1S/C39H35FN6O5/c1-4-45(38(48)18-27-10-12-30(40)13-11-27)22-32(26(2)47)39(49)43-31-14-15-35(37(20-31)50-24-28-8-6-5-7-9-28)51-36-19-29(33-23-44(3)25-41-33)21-46-34(36)16-17-42-46/h5-17,19-23,25H,4,18,24H2,1-3H3,(H,43,49)/b32-22+. The molecule has 0 saturated carbocycles. The van der Waals surface area contributed by atoms with Crippen molar-refractivity contribution in [2.45, 2.75) is 26.9 Å². The second-order valence-electron chi connectivity index (χ2n) is 11.8. The second-order valence-corrected chi connectivity index (χ2v) is 11.8. The fraction of sp³-hybridized carbons (Fsp3) is 0.154. The van der Waals surface area contributed by atoms with Gasteiger partial charge in [0.15, 0.2) is 23.0 Å². The van der Waals surface area contributed by atoms with Crippen LogP contribution in [0, 0.1) is 5.82 Å². The molecule has 0 bridgehead atoms. The van der Waals surface area contributed by atoms with E-state index in [1.54, 1.807) is 42.2 Å². The molecule has 0 fully saturated rings. The Morgan fingerprint density at radius 2 is 1.71 bits per heavy atom. The fourth-order valence-electron chi connectivity index (χ4n) is 5.30. The molecule has 3 heterocycles. The van der Waals surface area contributed by atoms with Crippen LogP contribution in [0.25, 0.3) is 16.8 Å². The average molecular weight is 687 g/mol. The van der Waals surface area contributed by atoms with Crippen molar-refractivity contribution in [2.24, 2.45) is 7.05 Å². The molecule has 0 aliphatic heterocycles. The number of ether oxygens (including phenoxy) is 2. The van der Waals surface area contributed by atoms with E-state index in [0.717, 1.165) is 16.8 Å². The van der Waals surface area contributed by atoms with E-state index < -0.39 is 17.5 Å². The van der Waals surface area contributed by atoms with Gasteiger partial charge in [-0.2, -0.15) is 5.10 Å². The van der Waals surface area contributed by atoms with Gasteiger partial charge in [-0.1, -0.05) is 42.5 Å². The minimum absolute atomic E-state index is 0.0304. The number of nitrogens with zero attached hydrogens (tertiary/aromatic N) is 5. The first kappa shape index (κ1) is 34.3. The van der Waals surface area contributed by atoms with E-state index in [2.05, 4.69) is 15.4 Å². The fourth-order valence-corrected chi connectivity index (χ4v) is 5.30. The predicted octanol–water partition coefficient (Wildman–Crippen LogP) is 6.75. The minimum atomic E-state index is -0.706. The van der Waals surface area contributed by atoms with Crippen molar-refractivity contribution >= 4 is 28.8 Å².